The van der Waals surface area contributed by atoms with Crippen LogP contribution < -0.4 is 20.1 Å². The van der Waals surface area contributed by atoms with Crippen LogP contribution in [0.4, 0.5) is 0 Å². The molecule has 7 heteroatoms. The van der Waals surface area contributed by atoms with E-state index in [-0.39, 0.29) is 29.4 Å². The van der Waals surface area contributed by atoms with Crippen LogP contribution in [-0.4, -0.2) is 52.5 Å². The van der Waals surface area contributed by atoms with Crippen LogP contribution in [-0.2, 0) is 10.2 Å². The lowest BCUT2D eigenvalue weighted by atomic mass is 9.74. The number of para-hydroxylation sites is 1. The van der Waals surface area contributed by atoms with Crippen LogP contribution in [0.25, 0.3) is 0 Å². The minimum absolute atomic E-state index is 0. The van der Waals surface area contributed by atoms with Crippen LogP contribution in [0, 0.1) is 0 Å². The van der Waals surface area contributed by atoms with Gasteiger partial charge in [-0.3, -0.25) is 4.99 Å². The van der Waals surface area contributed by atoms with Gasteiger partial charge in [0.05, 0.1) is 20.2 Å². The second kappa shape index (κ2) is 13.4. The molecule has 2 aromatic carbocycles. The maximum atomic E-state index is 5.77. The van der Waals surface area contributed by atoms with E-state index in [2.05, 4.69) is 29.7 Å². The number of nitrogens with zero attached hydrogens (tertiary/aromatic N) is 1. The van der Waals surface area contributed by atoms with Gasteiger partial charge in [0.15, 0.2) is 5.96 Å². The largest absolute Gasteiger partial charge is 0.497 e. The normalized spacial score (nSPS) is 15.5. The van der Waals surface area contributed by atoms with Gasteiger partial charge in [0, 0.05) is 25.2 Å². The van der Waals surface area contributed by atoms with E-state index in [4.69, 9.17) is 19.2 Å². The first kappa shape index (κ1) is 25.3. The van der Waals surface area contributed by atoms with E-state index in [1.165, 1.54) is 5.56 Å². The molecule has 170 valence electrons. The monoisotopic (exact) mass is 539 g/mol. The van der Waals surface area contributed by atoms with Gasteiger partial charge < -0.3 is 24.8 Å². The van der Waals surface area contributed by atoms with Crippen molar-refractivity contribution in [2.45, 2.75) is 25.2 Å². The van der Waals surface area contributed by atoms with Crippen molar-refractivity contribution >= 4 is 29.9 Å². The maximum absolute atomic E-state index is 5.77. The average Bonchev–Trinajstić information content (AvgIpc) is 2.81. The summed E-state index contributed by atoms with van der Waals surface area (Å²) in [6, 6.07) is 18.2. The highest BCUT2D eigenvalue weighted by Crippen LogP contribution is 2.36. The molecular formula is C24H34IN3O3. The molecule has 0 radical (unpaired) electrons. The summed E-state index contributed by atoms with van der Waals surface area (Å²) < 4.78 is 16.7. The summed E-state index contributed by atoms with van der Waals surface area (Å²) in [5.41, 5.74) is 1.27. The third-order valence-corrected chi connectivity index (χ3v) is 5.44. The van der Waals surface area contributed by atoms with Crippen LogP contribution in [0.2, 0.25) is 0 Å². The van der Waals surface area contributed by atoms with Crippen molar-refractivity contribution in [3.8, 4) is 11.5 Å². The van der Waals surface area contributed by atoms with E-state index < -0.39 is 0 Å². The molecule has 0 unspecified atom stereocenters. The van der Waals surface area contributed by atoms with E-state index in [0.717, 1.165) is 50.1 Å². The number of guanidine groups is 1. The molecule has 0 aliphatic carbocycles. The summed E-state index contributed by atoms with van der Waals surface area (Å²) in [5.74, 6) is 2.56. The first-order chi connectivity index (χ1) is 14.8. The Bertz CT molecular complexity index is 778. The Kier molecular flexibility index (Phi) is 10.9. The fourth-order valence-corrected chi connectivity index (χ4v) is 3.67. The Balaban J connectivity index is 0.00000341. The van der Waals surface area contributed by atoms with Crippen LogP contribution in [0.5, 0.6) is 11.5 Å². The zero-order chi connectivity index (χ0) is 21.1. The molecule has 2 aromatic rings. The van der Waals surface area contributed by atoms with Gasteiger partial charge in [0.25, 0.3) is 0 Å². The molecule has 1 saturated heterocycles. The van der Waals surface area contributed by atoms with E-state index in [0.29, 0.717) is 19.7 Å². The number of rotatable bonds is 9. The summed E-state index contributed by atoms with van der Waals surface area (Å²) in [6.45, 7) is 6.37. The highest BCUT2D eigenvalue weighted by atomic mass is 127. The number of halogens is 1. The minimum Gasteiger partial charge on any atom is -0.497 e. The van der Waals surface area contributed by atoms with Crippen molar-refractivity contribution in [1.82, 2.24) is 10.6 Å². The van der Waals surface area contributed by atoms with Crippen LogP contribution in [0.1, 0.15) is 25.3 Å². The van der Waals surface area contributed by atoms with Crippen molar-refractivity contribution in [2.75, 3.05) is 46.6 Å². The molecule has 6 nitrogen and oxygen atoms in total. The standard InChI is InChI=1S/C24H33N3O3.HI/c1-3-25-23(26-15-18-30-22-7-5-4-6-8-22)27-19-24(13-16-29-17-14-24)20-9-11-21(28-2)12-10-20;/h4-12H,3,13-19H2,1-2H3,(H2,25,26,27);1H. The van der Waals surface area contributed by atoms with E-state index in [9.17, 15) is 0 Å². The summed E-state index contributed by atoms with van der Waals surface area (Å²) >= 11 is 0. The lowest BCUT2D eigenvalue weighted by Crippen LogP contribution is -2.42. The maximum Gasteiger partial charge on any atom is 0.191 e. The second-order valence-electron chi connectivity index (χ2n) is 7.40. The third kappa shape index (κ3) is 7.57. The fourth-order valence-electron chi connectivity index (χ4n) is 3.67. The molecule has 1 fully saturated rings. The van der Waals surface area contributed by atoms with Gasteiger partial charge in [-0.25, -0.2) is 0 Å². The van der Waals surface area contributed by atoms with Gasteiger partial charge in [-0.1, -0.05) is 30.3 Å². The third-order valence-electron chi connectivity index (χ3n) is 5.44. The SMILES string of the molecule is CCNC(=NCC1(c2ccc(OC)cc2)CCOCC1)NCCOc1ccccc1.I. The van der Waals surface area contributed by atoms with Gasteiger partial charge in [0.1, 0.15) is 18.1 Å². The Morgan fingerprint density at radius 3 is 2.35 bits per heavy atom. The zero-order valence-electron chi connectivity index (χ0n) is 18.4. The minimum atomic E-state index is -0.0204. The summed E-state index contributed by atoms with van der Waals surface area (Å²) in [5, 5.41) is 6.72. The lowest BCUT2D eigenvalue weighted by molar-refractivity contribution is 0.0531. The number of benzene rings is 2. The molecule has 1 aliphatic heterocycles. The molecule has 1 heterocycles. The van der Waals surface area contributed by atoms with Crippen LogP contribution in [0.3, 0.4) is 0 Å². The predicted octanol–water partition coefficient (Wildman–Crippen LogP) is 4.00. The molecule has 3 rings (SSSR count). The first-order valence-corrected chi connectivity index (χ1v) is 10.7. The molecule has 0 amide bonds. The van der Waals surface area contributed by atoms with Crippen LogP contribution in [0.15, 0.2) is 59.6 Å². The number of nitrogens with one attached hydrogen (secondary N) is 2. The molecule has 0 spiro atoms. The predicted molar refractivity (Wildman–Crippen MR) is 136 cm³/mol. The molecule has 2 N–H and O–H groups in total. The van der Waals surface area contributed by atoms with E-state index >= 15 is 0 Å². The van der Waals surface area contributed by atoms with Gasteiger partial charge in [0.2, 0.25) is 0 Å². The van der Waals surface area contributed by atoms with Gasteiger partial charge in [-0.15, -0.1) is 24.0 Å². The highest BCUT2D eigenvalue weighted by Gasteiger charge is 2.34. The van der Waals surface area contributed by atoms with Crippen molar-refractivity contribution < 1.29 is 14.2 Å². The van der Waals surface area contributed by atoms with Gasteiger partial charge >= 0.3 is 0 Å². The van der Waals surface area contributed by atoms with E-state index in [1.807, 2.05) is 42.5 Å². The number of ether oxygens (including phenoxy) is 3. The number of hydrogen-bond acceptors (Lipinski definition) is 4. The molecule has 0 bridgehead atoms. The zero-order valence-corrected chi connectivity index (χ0v) is 20.8. The quantitative estimate of drug-likeness (QED) is 0.219. The Morgan fingerprint density at radius 2 is 1.71 bits per heavy atom. The number of hydrogen-bond donors (Lipinski definition) is 2. The summed E-state index contributed by atoms with van der Waals surface area (Å²) in [4.78, 5) is 4.92. The Hall–Kier alpha value is -2.00. The molecule has 31 heavy (non-hydrogen) atoms. The van der Waals surface area contributed by atoms with Crippen molar-refractivity contribution in [2.24, 2.45) is 4.99 Å². The number of methoxy groups -OCH3 is 1. The fraction of sp³-hybridized carbons (Fsp3) is 0.458. The van der Waals surface area contributed by atoms with Crippen LogP contribution >= 0.6 is 24.0 Å². The Morgan fingerprint density at radius 1 is 1.00 bits per heavy atom. The Labute approximate surface area is 202 Å². The molecular weight excluding hydrogens is 505 g/mol. The topological polar surface area (TPSA) is 64.1 Å². The number of aliphatic imine (C=N–C) groups is 1. The molecule has 0 atom stereocenters. The van der Waals surface area contributed by atoms with Gasteiger partial charge in [-0.05, 0) is 49.6 Å². The van der Waals surface area contributed by atoms with E-state index in [1.54, 1.807) is 7.11 Å². The molecule has 0 aromatic heterocycles. The van der Waals surface area contributed by atoms with Gasteiger partial charge in [-0.2, -0.15) is 0 Å². The summed E-state index contributed by atoms with van der Waals surface area (Å²) in [7, 11) is 1.69. The van der Waals surface area contributed by atoms with Crippen molar-refractivity contribution in [3.05, 3.63) is 60.2 Å². The highest BCUT2D eigenvalue weighted by molar-refractivity contribution is 14.0. The second-order valence-corrected chi connectivity index (χ2v) is 7.40. The smallest absolute Gasteiger partial charge is 0.191 e. The first-order valence-electron chi connectivity index (χ1n) is 10.7. The van der Waals surface area contributed by atoms with Crippen molar-refractivity contribution in [3.63, 3.8) is 0 Å². The lowest BCUT2D eigenvalue weighted by Gasteiger charge is -2.36. The molecule has 1 aliphatic rings. The molecule has 0 saturated carbocycles. The average molecular weight is 539 g/mol. The summed E-state index contributed by atoms with van der Waals surface area (Å²) in [6.07, 6.45) is 1.92. The van der Waals surface area contributed by atoms with Crippen molar-refractivity contribution in [1.29, 1.82) is 0 Å².